The van der Waals surface area contributed by atoms with Crippen LogP contribution < -0.4 is 10.6 Å². The molecule has 0 heterocycles. The Kier molecular flexibility index (Phi) is 6.77. The van der Waals surface area contributed by atoms with E-state index >= 15 is 0 Å². The molecule has 2 amide bonds. The van der Waals surface area contributed by atoms with Crippen LogP contribution >= 0.6 is 0 Å². The lowest BCUT2D eigenvalue weighted by Gasteiger charge is -2.25. The number of carbonyl (C=O) groups is 1. The largest absolute Gasteiger partial charge is 0.508 e. The van der Waals surface area contributed by atoms with Gasteiger partial charge in [0.2, 0.25) is 0 Å². The maximum Gasteiger partial charge on any atom is 0.316 e. The molecular weight excluding hydrogens is 496 g/mol. The number of hydrogen-bond donors (Lipinski definition) is 4. The molecule has 6 aromatic carbocycles. The molecule has 0 aromatic heterocycles. The highest BCUT2D eigenvalue weighted by Gasteiger charge is 2.25. The summed E-state index contributed by atoms with van der Waals surface area (Å²) in [5, 5.41) is 32.0. The molecule has 0 aliphatic rings. The number of aromatic hydroxyl groups is 2. The van der Waals surface area contributed by atoms with Crippen molar-refractivity contribution < 1.29 is 15.0 Å². The van der Waals surface area contributed by atoms with Gasteiger partial charge in [-0.15, -0.1) is 0 Å². The van der Waals surface area contributed by atoms with Crippen molar-refractivity contribution in [2.75, 3.05) is 0 Å². The van der Waals surface area contributed by atoms with E-state index in [2.05, 4.69) is 10.6 Å². The van der Waals surface area contributed by atoms with E-state index in [1.54, 1.807) is 12.1 Å². The van der Waals surface area contributed by atoms with Gasteiger partial charge in [-0.25, -0.2) is 4.79 Å². The fourth-order valence-corrected chi connectivity index (χ4v) is 5.23. The van der Waals surface area contributed by atoms with Crippen LogP contribution in [0.3, 0.4) is 0 Å². The SMILES string of the molecule is O=C(NC(c1ccccc1)c1cc2ccccc2cc1O)NC(c1ccccc1)c1cc2ccccc2cc1O. The van der Waals surface area contributed by atoms with Crippen molar-refractivity contribution in [2.45, 2.75) is 12.1 Å². The summed E-state index contributed by atoms with van der Waals surface area (Å²) in [5.74, 6) is 0.194. The monoisotopic (exact) mass is 524 g/mol. The van der Waals surface area contributed by atoms with Crippen LogP contribution in [0.4, 0.5) is 4.79 Å². The van der Waals surface area contributed by atoms with E-state index in [1.807, 2.05) is 121 Å². The van der Waals surface area contributed by atoms with E-state index in [0.29, 0.717) is 11.1 Å². The zero-order chi connectivity index (χ0) is 27.5. The highest BCUT2D eigenvalue weighted by atomic mass is 16.3. The lowest BCUT2D eigenvalue weighted by molar-refractivity contribution is 0.236. The van der Waals surface area contributed by atoms with E-state index in [9.17, 15) is 15.0 Å². The Morgan fingerprint density at radius 2 is 0.800 bits per heavy atom. The Hall–Kier alpha value is -5.29. The minimum Gasteiger partial charge on any atom is -0.508 e. The zero-order valence-corrected chi connectivity index (χ0v) is 21.7. The van der Waals surface area contributed by atoms with Crippen molar-refractivity contribution in [2.24, 2.45) is 0 Å². The average molecular weight is 525 g/mol. The fourth-order valence-electron chi connectivity index (χ4n) is 5.23. The lowest BCUT2D eigenvalue weighted by Crippen LogP contribution is -2.40. The van der Waals surface area contributed by atoms with E-state index in [4.69, 9.17) is 0 Å². The van der Waals surface area contributed by atoms with Crippen LogP contribution in [0.1, 0.15) is 34.3 Å². The predicted octanol–water partition coefficient (Wildman–Crippen LogP) is 7.58. The second-order valence-corrected chi connectivity index (χ2v) is 9.82. The first kappa shape index (κ1) is 25.0. The van der Waals surface area contributed by atoms with Gasteiger partial charge in [-0.2, -0.15) is 0 Å². The van der Waals surface area contributed by atoms with Crippen molar-refractivity contribution in [3.63, 3.8) is 0 Å². The third kappa shape index (κ3) is 5.05. The smallest absolute Gasteiger partial charge is 0.316 e. The number of benzene rings is 6. The van der Waals surface area contributed by atoms with Crippen LogP contribution in [0.2, 0.25) is 0 Å². The summed E-state index contributed by atoms with van der Waals surface area (Å²) in [6, 6.07) is 40.3. The highest BCUT2D eigenvalue weighted by molar-refractivity contribution is 5.87. The van der Waals surface area contributed by atoms with Crippen molar-refractivity contribution in [3.05, 3.63) is 156 Å². The topological polar surface area (TPSA) is 81.6 Å². The van der Waals surface area contributed by atoms with Gasteiger partial charge >= 0.3 is 6.03 Å². The van der Waals surface area contributed by atoms with Crippen molar-refractivity contribution in [1.82, 2.24) is 10.6 Å². The number of phenols is 2. The number of urea groups is 1. The first-order valence-corrected chi connectivity index (χ1v) is 13.2. The van der Waals surface area contributed by atoms with Crippen molar-refractivity contribution in [3.8, 4) is 11.5 Å². The number of carbonyl (C=O) groups excluding carboxylic acids is 1. The van der Waals surface area contributed by atoms with Crippen LogP contribution in [-0.2, 0) is 0 Å². The molecule has 40 heavy (non-hydrogen) atoms. The Morgan fingerprint density at radius 3 is 1.18 bits per heavy atom. The minimum atomic E-state index is -0.618. The van der Waals surface area contributed by atoms with Gasteiger partial charge in [-0.3, -0.25) is 0 Å². The molecule has 196 valence electrons. The normalized spacial score (nSPS) is 12.6. The van der Waals surface area contributed by atoms with Crippen molar-refractivity contribution >= 4 is 27.6 Å². The molecule has 0 aliphatic heterocycles. The second-order valence-electron chi connectivity index (χ2n) is 9.82. The van der Waals surface area contributed by atoms with Crippen molar-refractivity contribution in [1.29, 1.82) is 0 Å². The van der Waals surface area contributed by atoms with Gasteiger partial charge in [-0.1, -0.05) is 109 Å². The first-order chi connectivity index (χ1) is 19.6. The summed E-state index contributed by atoms with van der Waals surface area (Å²) < 4.78 is 0. The Bertz CT molecular complexity index is 1670. The van der Waals surface area contributed by atoms with E-state index in [0.717, 1.165) is 32.7 Å². The highest BCUT2D eigenvalue weighted by Crippen LogP contribution is 2.35. The molecule has 0 saturated carbocycles. The number of amides is 2. The third-order valence-electron chi connectivity index (χ3n) is 7.23. The fraction of sp³-hybridized carbons (Fsp3) is 0.0571. The van der Waals surface area contributed by atoms with Gasteiger partial charge < -0.3 is 20.8 Å². The van der Waals surface area contributed by atoms with Crippen LogP contribution in [0.15, 0.2) is 133 Å². The maximum atomic E-state index is 13.7. The number of fused-ring (bicyclic) bond motifs is 2. The third-order valence-corrected chi connectivity index (χ3v) is 7.23. The molecule has 0 saturated heterocycles. The summed E-state index contributed by atoms with van der Waals surface area (Å²) in [6.45, 7) is 0. The molecule has 0 aliphatic carbocycles. The molecule has 2 atom stereocenters. The molecule has 6 aromatic rings. The molecule has 5 nitrogen and oxygen atoms in total. The summed E-state index contributed by atoms with van der Waals surface area (Å²) in [5.41, 5.74) is 2.83. The van der Waals surface area contributed by atoms with Crippen LogP contribution in [0.25, 0.3) is 21.5 Å². The quantitative estimate of drug-likeness (QED) is 0.181. The molecule has 2 unspecified atom stereocenters. The molecule has 4 N–H and O–H groups in total. The molecule has 0 spiro atoms. The number of hydrogen-bond acceptors (Lipinski definition) is 3. The van der Waals surface area contributed by atoms with Gasteiger partial charge in [0, 0.05) is 11.1 Å². The second kappa shape index (κ2) is 10.8. The van der Waals surface area contributed by atoms with Gasteiger partial charge in [0.1, 0.15) is 11.5 Å². The Morgan fingerprint density at radius 1 is 0.475 bits per heavy atom. The summed E-state index contributed by atoms with van der Waals surface area (Å²) in [7, 11) is 0. The lowest BCUT2D eigenvalue weighted by atomic mass is 9.94. The first-order valence-electron chi connectivity index (χ1n) is 13.2. The van der Waals surface area contributed by atoms with E-state index in [-0.39, 0.29) is 11.5 Å². The number of rotatable bonds is 6. The van der Waals surface area contributed by atoms with E-state index in [1.165, 1.54) is 0 Å². The molecule has 6 rings (SSSR count). The van der Waals surface area contributed by atoms with Gasteiger partial charge in [0.05, 0.1) is 12.1 Å². The summed E-state index contributed by atoms with van der Waals surface area (Å²) in [4.78, 5) is 13.7. The van der Waals surface area contributed by atoms with E-state index < -0.39 is 18.1 Å². The maximum absolute atomic E-state index is 13.7. The van der Waals surface area contributed by atoms with Gasteiger partial charge in [0.25, 0.3) is 0 Å². The molecular formula is C35H28N2O3. The zero-order valence-electron chi connectivity index (χ0n) is 21.7. The number of nitrogens with one attached hydrogen (secondary N) is 2. The van der Waals surface area contributed by atoms with Crippen LogP contribution in [0, 0.1) is 0 Å². The standard InChI is InChI=1S/C35H28N2O3/c38-31-21-27-17-9-7-15-25(27)19-29(31)33(23-11-3-1-4-12-23)36-35(40)37-34(24-13-5-2-6-14-24)30-20-26-16-8-10-18-28(26)22-32(30)39/h1-22,33-34,38-39H,(H2,36,37,40). The molecule has 0 fully saturated rings. The minimum absolute atomic E-state index is 0.0969. The summed E-state index contributed by atoms with van der Waals surface area (Å²) >= 11 is 0. The van der Waals surface area contributed by atoms with Gasteiger partial charge in [-0.05, 0) is 56.9 Å². The van der Waals surface area contributed by atoms with Crippen LogP contribution in [0.5, 0.6) is 11.5 Å². The Labute approximate surface area is 232 Å². The van der Waals surface area contributed by atoms with Crippen LogP contribution in [-0.4, -0.2) is 16.2 Å². The average Bonchev–Trinajstić information content (AvgIpc) is 2.99. The summed E-state index contributed by atoms with van der Waals surface area (Å²) in [6.07, 6.45) is 0. The van der Waals surface area contributed by atoms with Gasteiger partial charge in [0.15, 0.2) is 0 Å². The predicted molar refractivity (Wildman–Crippen MR) is 159 cm³/mol. The number of phenolic OH excluding ortho intramolecular Hbond substituents is 2. The molecule has 5 heteroatoms. The molecule has 0 radical (unpaired) electrons. The molecule has 0 bridgehead atoms. The Balaban J connectivity index is 1.38.